The topological polar surface area (TPSA) is 42.0 Å². The number of fused-ring (bicyclic) bond motifs is 1. The molecule has 1 amide bonds. The van der Waals surface area contributed by atoms with Crippen LogP contribution < -0.4 is 5.32 Å². The van der Waals surface area contributed by atoms with Crippen molar-refractivity contribution < 1.29 is 4.79 Å². The van der Waals surface area contributed by atoms with Crippen molar-refractivity contribution in [2.75, 3.05) is 6.54 Å². The third-order valence-corrected chi connectivity index (χ3v) is 3.79. The molecule has 0 spiro atoms. The number of carbonyl (C=O) groups excluding carboxylic acids is 1. The summed E-state index contributed by atoms with van der Waals surface area (Å²) in [5.41, 5.74) is 3.19. The van der Waals surface area contributed by atoms with E-state index in [9.17, 15) is 4.79 Å². The van der Waals surface area contributed by atoms with Gasteiger partial charge in [0.15, 0.2) is 0 Å². The Labute approximate surface area is 116 Å². The van der Waals surface area contributed by atoms with E-state index in [0.29, 0.717) is 23.0 Å². The van der Waals surface area contributed by atoms with Crippen molar-refractivity contribution in [2.24, 2.45) is 0 Å². The normalized spacial score (nSPS) is 16.4. The summed E-state index contributed by atoms with van der Waals surface area (Å²) in [5.74, 6) is 0.276. The van der Waals surface area contributed by atoms with Crippen LogP contribution in [0.3, 0.4) is 0 Å². The highest BCUT2D eigenvalue weighted by molar-refractivity contribution is 6.33. The minimum absolute atomic E-state index is 0.142. The maximum Gasteiger partial charge on any atom is 0.252 e. The third kappa shape index (κ3) is 2.34. The number of rotatable bonds is 3. The molecule has 96 valence electrons. The molecule has 0 radical (unpaired) electrons. The number of carbonyl (C=O) groups is 1. The maximum atomic E-state index is 12.0. The molecule has 0 saturated heterocycles. The van der Waals surface area contributed by atoms with Gasteiger partial charge >= 0.3 is 0 Å². The molecule has 4 heteroatoms. The third-order valence-electron chi connectivity index (χ3n) is 3.49. The van der Waals surface area contributed by atoms with Crippen LogP contribution in [0, 0.1) is 0 Å². The van der Waals surface area contributed by atoms with E-state index >= 15 is 0 Å². The molecule has 1 aromatic heterocycles. The van der Waals surface area contributed by atoms with E-state index in [-0.39, 0.29) is 5.91 Å². The van der Waals surface area contributed by atoms with Crippen LogP contribution in [0.1, 0.15) is 27.4 Å². The van der Waals surface area contributed by atoms with Crippen LogP contribution in [0.2, 0.25) is 5.02 Å². The van der Waals surface area contributed by atoms with Gasteiger partial charge in [-0.25, -0.2) is 0 Å². The lowest BCUT2D eigenvalue weighted by molar-refractivity contribution is 0.0950. The SMILES string of the molecule is O=C(NCC1Cc2ccccc21)c1ccncc1Cl. The minimum Gasteiger partial charge on any atom is -0.351 e. The van der Waals surface area contributed by atoms with Crippen molar-refractivity contribution in [2.45, 2.75) is 12.3 Å². The first-order valence-electron chi connectivity index (χ1n) is 6.21. The molecule has 19 heavy (non-hydrogen) atoms. The average molecular weight is 273 g/mol. The van der Waals surface area contributed by atoms with Crippen LogP contribution in [0.25, 0.3) is 0 Å². The van der Waals surface area contributed by atoms with E-state index in [4.69, 9.17) is 11.6 Å². The van der Waals surface area contributed by atoms with Crippen molar-refractivity contribution >= 4 is 17.5 Å². The van der Waals surface area contributed by atoms with Crippen molar-refractivity contribution in [1.29, 1.82) is 0 Å². The summed E-state index contributed by atoms with van der Waals surface area (Å²) in [6.45, 7) is 0.647. The van der Waals surface area contributed by atoms with Gasteiger partial charge in [-0.05, 0) is 23.6 Å². The number of halogens is 1. The van der Waals surface area contributed by atoms with Gasteiger partial charge in [0.1, 0.15) is 0 Å². The van der Waals surface area contributed by atoms with Gasteiger partial charge in [-0.3, -0.25) is 9.78 Å². The molecule has 3 rings (SSSR count). The number of amides is 1. The highest BCUT2D eigenvalue weighted by Gasteiger charge is 2.25. The number of nitrogens with zero attached hydrogens (tertiary/aromatic N) is 1. The summed E-state index contributed by atoms with van der Waals surface area (Å²) >= 11 is 5.94. The first-order chi connectivity index (χ1) is 9.25. The molecule has 0 aliphatic heterocycles. The Kier molecular flexibility index (Phi) is 3.22. The molecule has 1 unspecified atom stereocenters. The number of aromatic nitrogens is 1. The molecule has 3 nitrogen and oxygen atoms in total. The van der Waals surface area contributed by atoms with E-state index in [1.165, 1.54) is 17.3 Å². The van der Waals surface area contributed by atoms with Crippen molar-refractivity contribution in [1.82, 2.24) is 10.3 Å². The van der Waals surface area contributed by atoms with Gasteiger partial charge in [0.05, 0.1) is 10.6 Å². The van der Waals surface area contributed by atoms with Crippen LogP contribution in [-0.2, 0) is 6.42 Å². The van der Waals surface area contributed by atoms with Crippen LogP contribution in [0.15, 0.2) is 42.7 Å². The highest BCUT2D eigenvalue weighted by atomic mass is 35.5. The molecule has 1 N–H and O–H groups in total. The smallest absolute Gasteiger partial charge is 0.252 e. The molecule has 0 saturated carbocycles. The van der Waals surface area contributed by atoms with E-state index < -0.39 is 0 Å². The van der Waals surface area contributed by atoms with Crippen LogP contribution in [0.4, 0.5) is 0 Å². The first kappa shape index (κ1) is 12.2. The van der Waals surface area contributed by atoms with Crippen LogP contribution >= 0.6 is 11.6 Å². The molecule has 0 bridgehead atoms. The summed E-state index contributed by atoms with van der Waals surface area (Å²) in [6, 6.07) is 9.96. The second-order valence-electron chi connectivity index (χ2n) is 4.67. The van der Waals surface area contributed by atoms with Gasteiger partial charge in [-0.1, -0.05) is 35.9 Å². The standard InChI is InChI=1S/C15H13ClN2O/c16-14-9-17-6-5-13(14)15(19)18-8-11-7-10-3-1-2-4-12(10)11/h1-6,9,11H,7-8H2,(H,18,19). The second-order valence-corrected chi connectivity index (χ2v) is 5.07. The summed E-state index contributed by atoms with van der Waals surface area (Å²) in [5, 5.41) is 3.31. The fraction of sp³-hybridized carbons (Fsp3) is 0.200. The monoisotopic (exact) mass is 272 g/mol. The number of hydrogen-bond donors (Lipinski definition) is 1. The minimum atomic E-state index is -0.142. The highest BCUT2D eigenvalue weighted by Crippen LogP contribution is 2.34. The van der Waals surface area contributed by atoms with Gasteiger partial charge < -0.3 is 5.32 Å². The maximum absolute atomic E-state index is 12.0. The Morgan fingerprint density at radius 1 is 1.37 bits per heavy atom. The molecule has 0 fully saturated rings. The lowest BCUT2D eigenvalue weighted by atomic mass is 9.77. The summed E-state index contributed by atoms with van der Waals surface area (Å²) in [4.78, 5) is 15.9. The number of pyridine rings is 1. The predicted molar refractivity (Wildman–Crippen MR) is 74.5 cm³/mol. The average Bonchev–Trinajstić information content (AvgIpc) is 2.40. The second kappa shape index (κ2) is 5.02. The van der Waals surface area contributed by atoms with Gasteiger partial charge in [-0.2, -0.15) is 0 Å². The number of hydrogen-bond acceptors (Lipinski definition) is 2. The van der Waals surface area contributed by atoms with Crippen LogP contribution in [-0.4, -0.2) is 17.4 Å². The molecular formula is C15H13ClN2O. The molecule has 1 heterocycles. The Hall–Kier alpha value is -1.87. The Bertz CT molecular complexity index is 627. The van der Waals surface area contributed by atoms with E-state index in [1.807, 2.05) is 12.1 Å². The van der Waals surface area contributed by atoms with Gasteiger partial charge in [0.2, 0.25) is 0 Å². The molecule has 1 aliphatic rings. The van der Waals surface area contributed by atoms with Gasteiger partial charge in [0.25, 0.3) is 5.91 Å². The zero-order valence-electron chi connectivity index (χ0n) is 10.3. The van der Waals surface area contributed by atoms with Crippen molar-refractivity contribution in [3.63, 3.8) is 0 Å². The zero-order valence-corrected chi connectivity index (χ0v) is 11.0. The lowest BCUT2D eigenvalue weighted by Crippen LogP contribution is -2.33. The molecule has 1 atom stereocenters. The lowest BCUT2D eigenvalue weighted by Gasteiger charge is -2.30. The van der Waals surface area contributed by atoms with Crippen molar-refractivity contribution in [3.8, 4) is 0 Å². The van der Waals surface area contributed by atoms with E-state index in [0.717, 1.165) is 6.42 Å². The van der Waals surface area contributed by atoms with E-state index in [2.05, 4.69) is 22.4 Å². The molecule has 2 aromatic rings. The quantitative estimate of drug-likeness (QED) is 0.934. The Morgan fingerprint density at radius 2 is 2.21 bits per heavy atom. The van der Waals surface area contributed by atoms with E-state index in [1.54, 1.807) is 12.3 Å². The number of nitrogens with one attached hydrogen (secondary N) is 1. The Morgan fingerprint density at radius 3 is 3.00 bits per heavy atom. The van der Waals surface area contributed by atoms with Gasteiger partial charge in [-0.15, -0.1) is 0 Å². The molecule has 1 aliphatic carbocycles. The van der Waals surface area contributed by atoms with Crippen molar-refractivity contribution in [3.05, 3.63) is 64.4 Å². The molecule has 1 aromatic carbocycles. The van der Waals surface area contributed by atoms with Gasteiger partial charge in [0, 0.05) is 24.9 Å². The summed E-state index contributed by atoms with van der Waals surface area (Å²) < 4.78 is 0. The number of benzene rings is 1. The molecular weight excluding hydrogens is 260 g/mol. The fourth-order valence-electron chi connectivity index (χ4n) is 2.42. The zero-order chi connectivity index (χ0) is 13.2. The summed E-state index contributed by atoms with van der Waals surface area (Å²) in [7, 11) is 0. The summed E-state index contributed by atoms with van der Waals surface area (Å²) in [6.07, 6.45) is 4.08. The van der Waals surface area contributed by atoms with Crippen LogP contribution in [0.5, 0.6) is 0 Å². The largest absolute Gasteiger partial charge is 0.351 e. The predicted octanol–water partition coefficient (Wildman–Crippen LogP) is 2.80. The fourth-order valence-corrected chi connectivity index (χ4v) is 2.62. The Balaban J connectivity index is 1.63. The first-order valence-corrected chi connectivity index (χ1v) is 6.59.